The topological polar surface area (TPSA) is 90.4 Å². The number of pyridine rings is 1. The van der Waals surface area contributed by atoms with Crippen LogP contribution in [0.25, 0.3) is 0 Å². The Labute approximate surface area is 156 Å². The zero-order valence-corrected chi connectivity index (χ0v) is 15.0. The second-order valence-electron chi connectivity index (χ2n) is 7.44. The molecule has 2 atom stereocenters. The van der Waals surface area contributed by atoms with E-state index in [-0.39, 0.29) is 23.4 Å². The first kappa shape index (κ1) is 17.5. The normalized spacial score (nSPS) is 21.0. The minimum Gasteiger partial charge on any atom is -0.354 e. The van der Waals surface area contributed by atoms with Crippen LogP contribution >= 0.6 is 0 Å². The second kappa shape index (κ2) is 7.02. The van der Waals surface area contributed by atoms with Crippen molar-refractivity contribution in [3.05, 3.63) is 62.8 Å². The molecule has 1 saturated heterocycles. The molecule has 8 nitrogen and oxygen atoms in total. The van der Waals surface area contributed by atoms with Crippen LogP contribution in [0, 0.1) is 16.0 Å². The summed E-state index contributed by atoms with van der Waals surface area (Å²) in [4.78, 5) is 37.3. The lowest BCUT2D eigenvalue weighted by molar-refractivity contribution is -0.386. The van der Waals surface area contributed by atoms with E-state index in [0.29, 0.717) is 26.1 Å². The third kappa shape index (κ3) is 3.39. The number of carbonyl (C=O) groups excluding carboxylic acids is 1. The van der Waals surface area contributed by atoms with Crippen LogP contribution in [-0.4, -0.2) is 38.0 Å². The fraction of sp³-hybridized carbons (Fsp3) is 0.474. The maximum Gasteiger partial charge on any atom is 0.334 e. The molecule has 0 aromatic carbocycles. The summed E-state index contributed by atoms with van der Waals surface area (Å²) in [6.45, 7) is 2.46. The SMILES string of the molecule is O=C(CCCn1cccc1)N1CC2CC(C1)c1ccc([N+](=O)[O-])c(=O)n1C2. The van der Waals surface area contributed by atoms with Crippen LogP contribution in [0.15, 0.2) is 41.5 Å². The van der Waals surface area contributed by atoms with E-state index in [1.54, 1.807) is 10.6 Å². The highest BCUT2D eigenvalue weighted by Crippen LogP contribution is 2.35. The molecule has 0 spiro atoms. The summed E-state index contributed by atoms with van der Waals surface area (Å²) < 4.78 is 3.61. The van der Waals surface area contributed by atoms with Crippen LogP contribution in [-0.2, 0) is 17.9 Å². The number of nitro groups is 1. The highest BCUT2D eigenvalue weighted by molar-refractivity contribution is 5.76. The summed E-state index contributed by atoms with van der Waals surface area (Å²) in [5, 5.41) is 11.0. The molecule has 1 amide bonds. The molecule has 2 unspecified atom stereocenters. The maximum atomic E-state index is 12.6. The van der Waals surface area contributed by atoms with Gasteiger partial charge in [0, 0.05) is 62.7 Å². The smallest absolute Gasteiger partial charge is 0.334 e. The third-order valence-electron chi connectivity index (χ3n) is 5.61. The van der Waals surface area contributed by atoms with Crippen LogP contribution in [0.3, 0.4) is 0 Å². The Bertz CT molecular complexity index is 918. The first-order chi connectivity index (χ1) is 13.0. The van der Waals surface area contributed by atoms with Gasteiger partial charge in [-0.2, -0.15) is 0 Å². The fourth-order valence-corrected chi connectivity index (χ4v) is 4.37. The molecule has 2 bridgehead atoms. The Morgan fingerprint density at radius 1 is 1.19 bits per heavy atom. The lowest BCUT2D eigenvalue weighted by Crippen LogP contribution is -2.49. The van der Waals surface area contributed by atoms with Gasteiger partial charge in [-0.05, 0) is 37.0 Å². The van der Waals surface area contributed by atoms with E-state index >= 15 is 0 Å². The van der Waals surface area contributed by atoms with E-state index in [4.69, 9.17) is 0 Å². The molecule has 4 rings (SSSR count). The second-order valence-corrected chi connectivity index (χ2v) is 7.44. The molecule has 2 aromatic rings. The van der Waals surface area contributed by atoms with Gasteiger partial charge in [-0.1, -0.05) is 0 Å². The number of fused-ring (bicyclic) bond motifs is 4. The number of aryl methyl sites for hydroxylation is 1. The van der Waals surface area contributed by atoms with E-state index < -0.39 is 10.5 Å². The monoisotopic (exact) mass is 370 g/mol. The zero-order chi connectivity index (χ0) is 19.0. The molecule has 0 saturated carbocycles. The maximum absolute atomic E-state index is 12.6. The van der Waals surface area contributed by atoms with Crippen molar-refractivity contribution in [2.45, 2.75) is 38.3 Å². The molecule has 2 aliphatic rings. The van der Waals surface area contributed by atoms with Gasteiger partial charge < -0.3 is 14.0 Å². The van der Waals surface area contributed by atoms with E-state index in [9.17, 15) is 19.7 Å². The minimum absolute atomic E-state index is 0.0689. The fourth-order valence-electron chi connectivity index (χ4n) is 4.37. The molecule has 0 radical (unpaired) electrons. The Kier molecular flexibility index (Phi) is 4.55. The molecule has 4 heterocycles. The molecular formula is C19H22N4O4. The third-order valence-corrected chi connectivity index (χ3v) is 5.61. The minimum atomic E-state index is -0.624. The van der Waals surface area contributed by atoms with Gasteiger partial charge in [-0.25, -0.2) is 0 Å². The number of aromatic nitrogens is 2. The number of rotatable bonds is 5. The van der Waals surface area contributed by atoms with Gasteiger partial charge in [-0.3, -0.25) is 19.7 Å². The molecule has 0 aliphatic carbocycles. The van der Waals surface area contributed by atoms with Crippen LogP contribution in [0.5, 0.6) is 0 Å². The van der Waals surface area contributed by atoms with Crippen molar-refractivity contribution < 1.29 is 9.72 Å². The first-order valence-corrected chi connectivity index (χ1v) is 9.29. The van der Waals surface area contributed by atoms with Gasteiger partial charge in [0.1, 0.15) is 0 Å². The van der Waals surface area contributed by atoms with Gasteiger partial charge >= 0.3 is 11.2 Å². The zero-order valence-electron chi connectivity index (χ0n) is 15.0. The van der Waals surface area contributed by atoms with Gasteiger partial charge in [0.15, 0.2) is 0 Å². The molecule has 0 N–H and O–H groups in total. The predicted octanol–water partition coefficient (Wildman–Crippen LogP) is 1.98. The molecule has 8 heteroatoms. The number of amides is 1. The van der Waals surface area contributed by atoms with Crippen molar-refractivity contribution in [3.63, 3.8) is 0 Å². The standard InChI is InChI=1S/C19H22N4O4/c24-18(4-3-9-20-7-1-2-8-20)21-11-14-10-15(13-21)16-5-6-17(23(26)27)19(25)22(16)12-14/h1-2,5-8,14-15H,3-4,9-13H2. The average Bonchev–Trinajstić information content (AvgIpc) is 3.15. The number of hydrogen-bond acceptors (Lipinski definition) is 4. The molecule has 142 valence electrons. The van der Waals surface area contributed by atoms with Gasteiger partial charge in [0.05, 0.1) is 4.92 Å². The summed E-state index contributed by atoms with van der Waals surface area (Å²) in [6, 6.07) is 6.92. The lowest BCUT2D eigenvalue weighted by atomic mass is 9.83. The number of hydrogen-bond donors (Lipinski definition) is 0. The van der Waals surface area contributed by atoms with Crippen molar-refractivity contribution in [2.24, 2.45) is 5.92 Å². The number of nitrogens with zero attached hydrogens (tertiary/aromatic N) is 4. The highest BCUT2D eigenvalue weighted by atomic mass is 16.6. The van der Waals surface area contributed by atoms with E-state index in [1.165, 1.54) is 6.07 Å². The number of piperidine rings is 1. The van der Waals surface area contributed by atoms with Gasteiger partial charge in [-0.15, -0.1) is 0 Å². The largest absolute Gasteiger partial charge is 0.354 e. The summed E-state index contributed by atoms with van der Waals surface area (Å²) in [5.41, 5.74) is -0.0953. The van der Waals surface area contributed by atoms with Gasteiger partial charge in [0.2, 0.25) is 5.91 Å². The number of carbonyl (C=O) groups is 1. The van der Waals surface area contributed by atoms with Crippen molar-refractivity contribution in [1.29, 1.82) is 0 Å². The lowest BCUT2D eigenvalue weighted by Gasteiger charge is -2.42. The van der Waals surface area contributed by atoms with Crippen LogP contribution in [0.4, 0.5) is 5.69 Å². The molecule has 2 aliphatic heterocycles. The van der Waals surface area contributed by atoms with Crippen molar-refractivity contribution in [1.82, 2.24) is 14.0 Å². The van der Waals surface area contributed by atoms with Crippen LogP contribution in [0.1, 0.15) is 30.9 Å². The summed E-state index contributed by atoms with van der Waals surface area (Å²) >= 11 is 0. The summed E-state index contributed by atoms with van der Waals surface area (Å²) in [5.74, 6) is 0.387. The van der Waals surface area contributed by atoms with Crippen LogP contribution in [0.2, 0.25) is 0 Å². The van der Waals surface area contributed by atoms with E-state index in [1.807, 2.05) is 29.4 Å². The Hall–Kier alpha value is -2.90. The quantitative estimate of drug-likeness (QED) is 0.594. The summed E-state index contributed by atoms with van der Waals surface area (Å²) in [6.07, 6.45) is 6.20. The number of likely N-dealkylation sites (tertiary alicyclic amines) is 1. The highest BCUT2D eigenvalue weighted by Gasteiger charge is 2.37. The average molecular weight is 370 g/mol. The first-order valence-electron chi connectivity index (χ1n) is 9.29. The molecule has 2 aromatic heterocycles. The Balaban J connectivity index is 1.45. The van der Waals surface area contributed by atoms with Crippen LogP contribution < -0.4 is 5.56 Å². The predicted molar refractivity (Wildman–Crippen MR) is 98.5 cm³/mol. The van der Waals surface area contributed by atoms with Gasteiger partial charge in [0.25, 0.3) is 0 Å². The van der Waals surface area contributed by atoms with Crippen molar-refractivity contribution in [2.75, 3.05) is 13.1 Å². The molecule has 1 fully saturated rings. The molecular weight excluding hydrogens is 348 g/mol. The van der Waals surface area contributed by atoms with E-state index in [2.05, 4.69) is 4.57 Å². The van der Waals surface area contributed by atoms with Crippen molar-refractivity contribution in [3.8, 4) is 0 Å². The Morgan fingerprint density at radius 3 is 2.70 bits per heavy atom. The van der Waals surface area contributed by atoms with E-state index in [0.717, 1.165) is 25.1 Å². The Morgan fingerprint density at radius 2 is 1.96 bits per heavy atom. The summed E-state index contributed by atoms with van der Waals surface area (Å²) in [7, 11) is 0. The molecule has 27 heavy (non-hydrogen) atoms. The van der Waals surface area contributed by atoms with Crippen molar-refractivity contribution >= 4 is 11.6 Å².